The fourth-order valence-corrected chi connectivity index (χ4v) is 2.32. The zero-order chi connectivity index (χ0) is 15.2. The van der Waals surface area contributed by atoms with E-state index in [9.17, 15) is 14.9 Å². The Labute approximate surface area is 121 Å². The van der Waals surface area contributed by atoms with Gasteiger partial charge in [-0.1, -0.05) is 19.3 Å². The fourth-order valence-electron chi connectivity index (χ4n) is 2.32. The molecular weight excluding hydrogens is 274 g/mol. The lowest BCUT2D eigenvalue weighted by atomic mass is 9.95. The van der Waals surface area contributed by atoms with E-state index in [1.807, 2.05) is 0 Å². The Bertz CT molecular complexity index is 606. The van der Waals surface area contributed by atoms with Crippen LogP contribution in [0.5, 0.6) is 0 Å². The van der Waals surface area contributed by atoms with E-state index in [4.69, 9.17) is 9.68 Å². The fraction of sp³-hybridized carbons (Fsp3) is 0.429. The highest BCUT2D eigenvalue weighted by atomic mass is 16.6. The average Bonchev–Trinajstić information content (AvgIpc) is 2.94. The summed E-state index contributed by atoms with van der Waals surface area (Å²) in [7, 11) is 0. The monoisotopic (exact) mass is 289 g/mol. The number of furan rings is 1. The van der Waals surface area contributed by atoms with Gasteiger partial charge in [-0.3, -0.25) is 14.9 Å². The number of hydrogen-bond donors (Lipinski definition) is 1. The molecule has 7 heteroatoms. The van der Waals surface area contributed by atoms with Gasteiger partial charge in [-0.25, -0.2) is 0 Å². The first-order valence-corrected chi connectivity index (χ1v) is 6.77. The maximum Gasteiger partial charge on any atom is 0.433 e. The van der Waals surface area contributed by atoms with Crippen molar-refractivity contribution in [3.63, 3.8) is 0 Å². The van der Waals surface area contributed by atoms with Crippen LogP contribution in [0, 0.1) is 21.4 Å². The van der Waals surface area contributed by atoms with Crippen molar-refractivity contribution in [3.8, 4) is 6.07 Å². The zero-order valence-electron chi connectivity index (χ0n) is 11.4. The van der Waals surface area contributed by atoms with Gasteiger partial charge in [0.15, 0.2) is 0 Å². The molecule has 0 aliphatic heterocycles. The zero-order valence-corrected chi connectivity index (χ0v) is 11.4. The van der Waals surface area contributed by atoms with Gasteiger partial charge in [-0.05, 0) is 18.9 Å². The molecule has 1 aromatic rings. The van der Waals surface area contributed by atoms with Crippen LogP contribution in [-0.4, -0.2) is 16.9 Å². The van der Waals surface area contributed by atoms with Crippen LogP contribution in [0.15, 0.2) is 22.1 Å². The number of rotatable bonds is 4. The molecule has 0 atom stereocenters. The van der Waals surface area contributed by atoms with Gasteiger partial charge in [0.2, 0.25) is 0 Å². The number of nitriles is 1. The number of carbonyl (C=O) groups is 1. The first-order chi connectivity index (χ1) is 10.1. The maximum atomic E-state index is 12.0. The van der Waals surface area contributed by atoms with Gasteiger partial charge in [0.05, 0.1) is 6.07 Å². The Morgan fingerprint density at radius 3 is 2.71 bits per heavy atom. The van der Waals surface area contributed by atoms with E-state index < -0.39 is 16.7 Å². The summed E-state index contributed by atoms with van der Waals surface area (Å²) in [5, 5.41) is 22.4. The molecule has 1 saturated carbocycles. The Morgan fingerprint density at radius 1 is 1.43 bits per heavy atom. The molecule has 2 rings (SSSR count). The average molecular weight is 289 g/mol. The third-order valence-corrected chi connectivity index (χ3v) is 3.38. The van der Waals surface area contributed by atoms with E-state index in [0.29, 0.717) is 0 Å². The summed E-state index contributed by atoms with van der Waals surface area (Å²) in [5.41, 5.74) is -0.121. The lowest BCUT2D eigenvalue weighted by Gasteiger charge is -2.22. The molecule has 1 N–H and O–H groups in total. The lowest BCUT2D eigenvalue weighted by Crippen LogP contribution is -2.36. The largest absolute Gasteiger partial charge is 0.433 e. The second kappa shape index (κ2) is 6.70. The summed E-state index contributed by atoms with van der Waals surface area (Å²) in [6.45, 7) is 0. The van der Waals surface area contributed by atoms with Crippen LogP contribution >= 0.6 is 0 Å². The number of nitrogens with one attached hydrogen (secondary N) is 1. The smallest absolute Gasteiger partial charge is 0.401 e. The molecule has 0 saturated heterocycles. The Hall–Kier alpha value is -2.62. The number of nitrogens with zero attached hydrogens (tertiary/aromatic N) is 2. The summed E-state index contributed by atoms with van der Waals surface area (Å²) >= 11 is 0. The molecule has 1 aliphatic carbocycles. The van der Waals surface area contributed by atoms with Gasteiger partial charge in [0.25, 0.3) is 5.91 Å². The third-order valence-electron chi connectivity index (χ3n) is 3.38. The van der Waals surface area contributed by atoms with Gasteiger partial charge in [0.1, 0.15) is 22.3 Å². The van der Waals surface area contributed by atoms with Crippen molar-refractivity contribution < 1.29 is 14.1 Å². The summed E-state index contributed by atoms with van der Waals surface area (Å²) in [6, 6.07) is 4.42. The molecule has 1 fully saturated rings. The first kappa shape index (κ1) is 14.8. The summed E-state index contributed by atoms with van der Waals surface area (Å²) < 4.78 is 4.91. The number of carbonyl (C=O) groups excluding carboxylic acids is 1. The van der Waals surface area contributed by atoms with Gasteiger partial charge in [-0.15, -0.1) is 0 Å². The van der Waals surface area contributed by atoms with Crippen molar-refractivity contribution >= 4 is 17.9 Å². The predicted molar refractivity (Wildman–Crippen MR) is 74.0 cm³/mol. The van der Waals surface area contributed by atoms with Crippen molar-refractivity contribution in [3.05, 3.63) is 33.6 Å². The standard InChI is InChI=1S/C14H15N3O4/c15-9-10(8-12-6-7-13(21-12)17(19)20)14(18)16-11-4-2-1-3-5-11/h6-8,11H,1-5H2,(H,16,18). The lowest BCUT2D eigenvalue weighted by molar-refractivity contribution is -0.402. The van der Waals surface area contributed by atoms with Gasteiger partial charge < -0.3 is 9.73 Å². The van der Waals surface area contributed by atoms with Crippen LogP contribution in [0.1, 0.15) is 37.9 Å². The molecule has 21 heavy (non-hydrogen) atoms. The second-order valence-corrected chi connectivity index (χ2v) is 4.91. The highest BCUT2D eigenvalue weighted by Crippen LogP contribution is 2.20. The maximum absolute atomic E-state index is 12.0. The van der Waals surface area contributed by atoms with Crippen molar-refractivity contribution in [1.82, 2.24) is 5.32 Å². The van der Waals surface area contributed by atoms with Crippen molar-refractivity contribution in [2.45, 2.75) is 38.1 Å². The Kier molecular flexibility index (Phi) is 4.72. The van der Waals surface area contributed by atoms with Gasteiger partial charge in [-0.2, -0.15) is 5.26 Å². The van der Waals surface area contributed by atoms with Crippen molar-refractivity contribution in [2.24, 2.45) is 0 Å². The molecule has 1 aliphatic rings. The molecule has 0 bridgehead atoms. The molecule has 0 spiro atoms. The van der Waals surface area contributed by atoms with E-state index in [1.165, 1.54) is 24.6 Å². The summed E-state index contributed by atoms with van der Waals surface area (Å²) in [5.74, 6) is -0.785. The number of amides is 1. The number of hydrogen-bond acceptors (Lipinski definition) is 5. The highest BCUT2D eigenvalue weighted by molar-refractivity contribution is 6.01. The number of nitro groups is 1. The van der Waals surface area contributed by atoms with Gasteiger partial charge in [0, 0.05) is 12.1 Å². The minimum atomic E-state index is -0.675. The molecule has 0 unspecified atom stereocenters. The van der Waals surface area contributed by atoms with E-state index in [-0.39, 0.29) is 17.4 Å². The molecular formula is C14H15N3O4. The third kappa shape index (κ3) is 3.92. The van der Waals surface area contributed by atoms with E-state index >= 15 is 0 Å². The van der Waals surface area contributed by atoms with Crippen LogP contribution in [0.25, 0.3) is 6.08 Å². The highest BCUT2D eigenvalue weighted by Gasteiger charge is 2.19. The minimum Gasteiger partial charge on any atom is -0.401 e. The van der Waals surface area contributed by atoms with E-state index in [2.05, 4.69) is 5.32 Å². The molecule has 0 aromatic carbocycles. The summed E-state index contributed by atoms with van der Waals surface area (Å²) in [4.78, 5) is 21.8. The Morgan fingerprint density at radius 2 is 2.14 bits per heavy atom. The van der Waals surface area contributed by atoms with Crippen LogP contribution in [0.3, 0.4) is 0 Å². The second-order valence-electron chi connectivity index (χ2n) is 4.91. The summed E-state index contributed by atoms with van der Waals surface area (Å²) in [6.07, 6.45) is 6.35. The van der Waals surface area contributed by atoms with Crippen LogP contribution in [-0.2, 0) is 4.79 Å². The van der Waals surface area contributed by atoms with Crippen LogP contribution in [0.4, 0.5) is 5.88 Å². The molecule has 1 aromatic heterocycles. The molecule has 1 amide bonds. The van der Waals surface area contributed by atoms with E-state index in [0.717, 1.165) is 25.7 Å². The van der Waals surface area contributed by atoms with Crippen LogP contribution in [0.2, 0.25) is 0 Å². The van der Waals surface area contributed by atoms with Gasteiger partial charge >= 0.3 is 5.88 Å². The molecule has 110 valence electrons. The molecule has 0 radical (unpaired) electrons. The van der Waals surface area contributed by atoms with Crippen molar-refractivity contribution in [2.75, 3.05) is 0 Å². The molecule has 7 nitrogen and oxygen atoms in total. The SMILES string of the molecule is N#CC(=Cc1ccc([N+](=O)[O-])o1)C(=O)NC1CCCCC1. The normalized spacial score (nSPS) is 16.2. The Balaban J connectivity index is 2.06. The molecule has 1 heterocycles. The van der Waals surface area contributed by atoms with Crippen LogP contribution < -0.4 is 5.32 Å². The predicted octanol–water partition coefficient (Wildman–Crippen LogP) is 2.54. The minimum absolute atomic E-state index is 0.0916. The van der Waals surface area contributed by atoms with Crippen molar-refractivity contribution in [1.29, 1.82) is 5.26 Å². The first-order valence-electron chi connectivity index (χ1n) is 6.77. The topological polar surface area (TPSA) is 109 Å². The van der Waals surface area contributed by atoms with E-state index in [1.54, 1.807) is 6.07 Å². The quantitative estimate of drug-likeness (QED) is 0.396.